The summed E-state index contributed by atoms with van der Waals surface area (Å²) in [6.07, 6.45) is 9.13. The molecule has 5 nitrogen and oxygen atoms in total. The normalized spacial score (nSPS) is 26.4. The minimum atomic E-state index is 0.791. The van der Waals surface area contributed by atoms with Crippen molar-refractivity contribution in [2.24, 2.45) is 17.8 Å². The molecule has 1 N–H and O–H groups in total. The van der Waals surface area contributed by atoms with Crippen molar-refractivity contribution in [2.75, 3.05) is 11.9 Å². The molecule has 0 radical (unpaired) electrons. The summed E-state index contributed by atoms with van der Waals surface area (Å²) in [5.41, 5.74) is 3.37. The monoisotopic (exact) mass is 281 g/mol. The van der Waals surface area contributed by atoms with Crippen molar-refractivity contribution in [3.63, 3.8) is 0 Å². The van der Waals surface area contributed by atoms with Gasteiger partial charge in [-0.15, -0.1) is 5.10 Å². The van der Waals surface area contributed by atoms with Crippen molar-refractivity contribution in [2.45, 2.75) is 19.8 Å². The number of nitrogens with zero attached hydrogens (tertiary/aromatic N) is 4. The number of rotatable bonds is 4. The number of nitrogens with one attached hydrogen (secondary N) is 1. The van der Waals surface area contributed by atoms with E-state index in [0.717, 1.165) is 30.0 Å². The first-order chi connectivity index (χ1) is 10.3. The number of benzene rings is 1. The average molecular weight is 281 g/mol. The Labute approximate surface area is 124 Å². The van der Waals surface area contributed by atoms with Crippen molar-refractivity contribution in [1.29, 1.82) is 0 Å². The Kier molecular flexibility index (Phi) is 2.98. The van der Waals surface area contributed by atoms with Crippen LogP contribution in [0.5, 0.6) is 0 Å². The van der Waals surface area contributed by atoms with Crippen LogP contribution in [0.1, 0.15) is 18.4 Å². The van der Waals surface area contributed by atoms with Gasteiger partial charge in [0.05, 0.1) is 5.69 Å². The van der Waals surface area contributed by atoms with Gasteiger partial charge in [0, 0.05) is 12.2 Å². The van der Waals surface area contributed by atoms with Crippen LogP contribution in [0.2, 0.25) is 0 Å². The number of hydrogen-bond donors (Lipinski definition) is 1. The molecule has 2 aromatic rings. The van der Waals surface area contributed by atoms with Gasteiger partial charge in [0.1, 0.15) is 6.33 Å². The summed E-state index contributed by atoms with van der Waals surface area (Å²) in [6.45, 7) is 3.15. The SMILES string of the molecule is Cc1cc(NCC2CC3C=CC2C3)ccc1-n1cnnn1. The smallest absolute Gasteiger partial charge is 0.143 e. The van der Waals surface area contributed by atoms with Crippen LogP contribution >= 0.6 is 0 Å². The third kappa shape index (κ3) is 2.33. The summed E-state index contributed by atoms with van der Waals surface area (Å²) in [5, 5.41) is 14.9. The fraction of sp³-hybridized carbons (Fsp3) is 0.438. The first-order valence-corrected chi connectivity index (χ1v) is 7.56. The number of hydrogen-bond acceptors (Lipinski definition) is 4. The van der Waals surface area contributed by atoms with Gasteiger partial charge < -0.3 is 5.32 Å². The van der Waals surface area contributed by atoms with E-state index in [1.807, 2.05) is 0 Å². The van der Waals surface area contributed by atoms with E-state index in [2.05, 4.69) is 58.1 Å². The van der Waals surface area contributed by atoms with Gasteiger partial charge in [-0.25, -0.2) is 4.68 Å². The fourth-order valence-corrected chi connectivity index (χ4v) is 3.67. The minimum absolute atomic E-state index is 0.791. The van der Waals surface area contributed by atoms with Crippen molar-refractivity contribution >= 4 is 5.69 Å². The van der Waals surface area contributed by atoms with Crippen LogP contribution in [0.4, 0.5) is 5.69 Å². The Balaban J connectivity index is 1.44. The zero-order chi connectivity index (χ0) is 14.2. The molecule has 21 heavy (non-hydrogen) atoms. The number of aromatic nitrogens is 4. The van der Waals surface area contributed by atoms with E-state index in [1.165, 1.54) is 24.1 Å². The Hall–Kier alpha value is -2.17. The predicted octanol–water partition coefficient (Wildman–Crippen LogP) is 2.59. The van der Waals surface area contributed by atoms with Gasteiger partial charge in [0.2, 0.25) is 0 Å². The van der Waals surface area contributed by atoms with E-state index in [9.17, 15) is 0 Å². The van der Waals surface area contributed by atoms with E-state index in [1.54, 1.807) is 11.0 Å². The molecule has 4 rings (SSSR count). The van der Waals surface area contributed by atoms with E-state index in [-0.39, 0.29) is 0 Å². The van der Waals surface area contributed by atoms with Gasteiger partial charge >= 0.3 is 0 Å². The second-order valence-electron chi connectivity index (χ2n) is 6.18. The first-order valence-electron chi connectivity index (χ1n) is 7.56. The third-order valence-electron chi connectivity index (χ3n) is 4.78. The standard InChI is InChI=1S/C16H19N5/c1-11-6-15(4-5-16(11)21-10-18-19-20-21)17-9-14-8-12-2-3-13(14)7-12/h2-6,10,12-14,17H,7-9H2,1H3. The topological polar surface area (TPSA) is 55.6 Å². The quantitative estimate of drug-likeness (QED) is 0.875. The summed E-state index contributed by atoms with van der Waals surface area (Å²) < 4.78 is 1.69. The minimum Gasteiger partial charge on any atom is -0.385 e. The molecular weight excluding hydrogens is 262 g/mol. The Morgan fingerprint density at radius 3 is 2.90 bits per heavy atom. The molecule has 0 aliphatic heterocycles. The van der Waals surface area contributed by atoms with E-state index in [4.69, 9.17) is 0 Å². The van der Waals surface area contributed by atoms with Gasteiger partial charge in [0.15, 0.2) is 0 Å². The highest BCUT2D eigenvalue weighted by molar-refractivity contribution is 5.53. The molecule has 0 spiro atoms. The molecule has 1 fully saturated rings. The number of anilines is 1. The fourth-order valence-electron chi connectivity index (χ4n) is 3.67. The third-order valence-corrected chi connectivity index (χ3v) is 4.78. The van der Waals surface area contributed by atoms with Gasteiger partial charge in [-0.2, -0.15) is 0 Å². The summed E-state index contributed by atoms with van der Waals surface area (Å²) in [5.74, 6) is 2.43. The summed E-state index contributed by atoms with van der Waals surface area (Å²) in [4.78, 5) is 0. The van der Waals surface area contributed by atoms with E-state index >= 15 is 0 Å². The van der Waals surface area contributed by atoms with Crippen LogP contribution in [0.3, 0.4) is 0 Å². The Morgan fingerprint density at radius 2 is 2.24 bits per heavy atom. The summed E-state index contributed by atoms with van der Waals surface area (Å²) >= 11 is 0. The van der Waals surface area contributed by atoms with Crippen LogP contribution in [0.25, 0.3) is 5.69 Å². The zero-order valence-electron chi connectivity index (χ0n) is 12.1. The van der Waals surface area contributed by atoms with Crippen molar-refractivity contribution < 1.29 is 0 Å². The molecule has 1 aromatic heterocycles. The van der Waals surface area contributed by atoms with Crippen molar-refractivity contribution in [3.05, 3.63) is 42.2 Å². The molecule has 3 atom stereocenters. The van der Waals surface area contributed by atoms with Crippen LogP contribution in [-0.2, 0) is 0 Å². The molecule has 2 aliphatic rings. The van der Waals surface area contributed by atoms with Crippen LogP contribution in [0.15, 0.2) is 36.7 Å². The molecule has 2 aliphatic carbocycles. The van der Waals surface area contributed by atoms with Crippen LogP contribution < -0.4 is 5.32 Å². The molecule has 3 unspecified atom stereocenters. The lowest BCUT2D eigenvalue weighted by Crippen LogP contribution is -2.18. The van der Waals surface area contributed by atoms with Crippen LogP contribution in [-0.4, -0.2) is 26.8 Å². The number of fused-ring (bicyclic) bond motifs is 2. The van der Waals surface area contributed by atoms with Gasteiger partial charge in [-0.1, -0.05) is 12.2 Å². The maximum atomic E-state index is 3.94. The highest BCUT2D eigenvalue weighted by Crippen LogP contribution is 2.43. The number of aryl methyl sites for hydroxylation is 1. The van der Waals surface area contributed by atoms with E-state index in [0.29, 0.717) is 0 Å². The molecule has 1 heterocycles. The second-order valence-corrected chi connectivity index (χ2v) is 6.18. The Morgan fingerprint density at radius 1 is 1.29 bits per heavy atom. The lowest BCUT2D eigenvalue weighted by molar-refractivity contribution is 0.472. The second kappa shape index (κ2) is 4.98. The molecule has 1 aromatic carbocycles. The largest absolute Gasteiger partial charge is 0.385 e. The summed E-state index contributed by atoms with van der Waals surface area (Å²) in [6, 6.07) is 6.34. The first kappa shape index (κ1) is 12.6. The zero-order valence-corrected chi connectivity index (χ0v) is 12.1. The molecule has 0 amide bonds. The molecule has 0 saturated heterocycles. The number of allylic oxidation sites excluding steroid dienone is 2. The van der Waals surface area contributed by atoms with Gasteiger partial charge in [0.25, 0.3) is 0 Å². The maximum Gasteiger partial charge on any atom is 0.143 e. The molecule has 5 heteroatoms. The highest BCUT2D eigenvalue weighted by atomic mass is 15.5. The van der Waals surface area contributed by atoms with Crippen molar-refractivity contribution in [1.82, 2.24) is 20.2 Å². The molecule has 1 saturated carbocycles. The molecule has 108 valence electrons. The molecular formula is C16H19N5. The van der Waals surface area contributed by atoms with Gasteiger partial charge in [-0.3, -0.25) is 0 Å². The van der Waals surface area contributed by atoms with E-state index < -0.39 is 0 Å². The lowest BCUT2D eigenvalue weighted by Gasteiger charge is -2.19. The average Bonchev–Trinajstić information content (AvgIpc) is 3.22. The highest BCUT2D eigenvalue weighted by Gasteiger charge is 2.35. The maximum absolute atomic E-state index is 3.94. The van der Waals surface area contributed by atoms with Crippen LogP contribution in [0, 0.1) is 24.7 Å². The Bertz CT molecular complexity index is 661. The number of tetrazole rings is 1. The summed E-state index contributed by atoms with van der Waals surface area (Å²) in [7, 11) is 0. The predicted molar refractivity (Wildman–Crippen MR) is 81.2 cm³/mol. The van der Waals surface area contributed by atoms with Gasteiger partial charge in [-0.05, 0) is 71.7 Å². The van der Waals surface area contributed by atoms with Crippen molar-refractivity contribution in [3.8, 4) is 5.69 Å². The molecule has 2 bridgehead atoms. The lowest BCUT2D eigenvalue weighted by atomic mass is 9.93.